The van der Waals surface area contributed by atoms with Crippen LogP contribution in [0.15, 0.2) is 18.2 Å². The van der Waals surface area contributed by atoms with E-state index in [1.165, 1.54) is 24.0 Å². The SMILES string of the molecule is Cc1cc(O)ccc1[C@H]1CCCN1. The molecule has 2 rings (SSSR count). The summed E-state index contributed by atoms with van der Waals surface area (Å²) in [6.45, 7) is 3.17. The number of hydrogen-bond donors (Lipinski definition) is 2. The molecule has 1 aromatic carbocycles. The van der Waals surface area contributed by atoms with E-state index >= 15 is 0 Å². The molecular weight excluding hydrogens is 162 g/mol. The van der Waals surface area contributed by atoms with E-state index in [-0.39, 0.29) is 0 Å². The molecule has 1 fully saturated rings. The Morgan fingerprint density at radius 3 is 2.92 bits per heavy atom. The molecule has 0 amide bonds. The van der Waals surface area contributed by atoms with Gasteiger partial charge in [0.25, 0.3) is 0 Å². The highest BCUT2D eigenvalue weighted by molar-refractivity contribution is 5.36. The Labute approximate surface area is 78.6 Å². The predicted octanol–water partition coefficient (Wildman–Crippen LogP) is 2.13. The summed E-state index contributed by atoms with van der Waals surface area (Å²) >= 11 is 0. The van der Waals surface area contributed by atoms with E-state index in [2.05, 4.69) is 12.2 Å². The third-order valence-electron chi connectivity index (χ3n) is 2.69. The Morgan fingerprint density at radius 1 is 1.46 bits per heavy atom. The van der Waals surface area contributed by atoms with Gasteiger partial charge < -0.3 is 10.4 Å². The molecule has 0 aliphatic carbocycles. The van der Waals surface area contributed by atoms with Crippen LogP contribution >= 0.6 is 0 Å². The standard InChI is InChI=1S/C11H15NO/c1-8-7-9(13)4-5-10(8)11-3-2-6-12-11/h4-5,7,11-13H,2-3,6H2,1H3/t11-/m1/s1. The van der Waals surface area contributed by atoms with E-state index in [0.29, 0.717) is 11.8 Å². The van der Waals surface area contributed by atoms with Gasteiger partial charge in [0, 0.05) is 6.04 Å². The van der Waals surface area contributed by atoms with Crippen molar-refractivity contribution in [2.75, 3.05) is 6.54 Å². The van der Waals surface area contributed by atoms with Gasteiger partial charge in [0.2, 0.25) is 0 Å². The summed E-state index contributed by atoms with van der Waals surface area (Å²) in [6, 6.07) is 6.12. The minimum Gasteiger partial charge on any atom is -0.508 e. The first-order chi connectivity index (χ1) is 6.27. The van der Waals surface area contributed by atoms with Gasteiger partial charge in [-0.2, -0.15) is 0 Å². The van der Waals surface area contributed by atoms with Crippen LogP contribution in [0.5, 0.6) is 5.75 Å². The second kappa shape index (κ2) is 3.38. The average Bonchev–Trinajstić information content (AvgIpc) is 2.56. The number of phenols is 1. The first-order valence-electron chi connectivity index (χ1n) is 4.80. The number of aromatic hydroxyl groups is 1. The van der Waals surface area contributed by atoms with Crippen LogP contribution in [0.2, 0.25) is 0 Å². The summed E-state index contributed by atoms with van der Waals surface area (Å²) in [6.07, 6.45) is 2.47. The smallest absolute Gasteiger partial charge is 0.115 e. The molecule has 0 unspecified atom stereocenters. The van der Waals surface area contributed by atoms with Crippen molar-refractivity contribution < 1.29 is 5.11 Å². The van der Waals surface area contributed by atoms with Crippen LogP contribution < -0.4 is 5.32 Å². The minimum absolute atomic E-state index is 0.360. The van der Waals surface area contributed by atoms with Crippen molar-refractivity contribution in [2.45, 2.75) is 25.8 Å². The number of rotatable bonds is 1. The number of phenolic OH excluding ortho intramolecular Hbond substituents is 1. The second-order valence-corrected chi connectivity index (χ2v) is 3.69. The molecule has 1 aliphatic heterocycles. The van der Waals surface area contributed by atoms with Gasteiger partial charge in [-0.15, -0.1) is 0 Å². The van der Waals surface area contributed by atoms with E-state index in [0.717, 1.165) is 6.54 Å². The summed E-state index contributed by atoms with van der Waals surface area (Å²) < 4.78 is 0. The molecule has 1 heterocycles. The van der Waals surface area contributed by atoms with E-state index in [1.807, 2.05) is 12.1 Å². The van der Waals surface area contributed by atoms with Gasteiger partial charge in [0.05, 0.1) is 0 Å². The average molecular weight is 177 g/mol. The van der Waals surface area contributed by atoms with Gasteiger partial charge in [0.1, 0.15) is 5.75 Å². The summed E-state index contributed by atoms with van der Waals surface area (Å²) in [7, 11) is 0. The van der Waals surface area contributed by atoms with Crippen molar-refractivity contribution in [1.82, 2.24) is 5.32 Å². The molecule has 1 saturated heterocycles. The van der Waals surface area contributed by atoms with E-state index in [4.69, 9.17) is 0 Å². The van der Waals surface area contributed by atoms with Crippen LogP contribution in [0.25, 0.3) is 0 Å². The Hall–Kier alpha value is -1.02. The summed E-state index contributed by atoms with van der Waals surface area (Å²) in [4.78, 5) is 0. The van der Waals surface area contributed by atoms with Gasteiger partial charge in [-0.3, -0.25) is 0 Å². The molecule has 0 radical (unpaired) electrons. The number of aryl methyl sites for hydroxylation is 1. The zero-order valence-corrected chi connectivity index (χ0v) is 7.88. The molecule has 0 spiro atoms. The fourth-order valence-corrected chi connectivity index (χ4v) is 2.00. The molecule has 13 heavy (non-hydrogen) atoms. The molecule has 2 N–H and O–H groups in total. The molecule has 2 nitrogen and oxygen atoms in total. The highest BCUT2D eigenvalue weighted by Gasteiger charge is 2.17. The van der Waals surface area contributed by atoms with E-state index in [9.17, 15) is 5.11 Å². The highest BCUT2D eigenvalue weighted by atomic mass is 16.3. The van der Waals surface area contributed by atoms with Crippen LogP contribution in [-0.4, -0.2) is 11.7 Å². The third-order valence-corrected chi connectivity index (χ3v) is 2.69. The molecule has 0 bridgehead atoms. The first-order valence-corrected chi connectivity index (χ1v) is 4.80. The number of hydrogen-bond acceptors (Lipinski definition) is 2. The first kappa shape index (κ1) is 8.57. The second-order valence-electron chi connectivity index (χ2n) is 3.69. The minimum atomic E-state index is 0.360. The molecule has 70 valence electrons. The lowest BCUT2D eigenvalue weighted by Gasteiger charge is -2.13. The molecule has 1 aromatic rings. The maximum Gasteiger partial charge on any atom is 0.115 e. The molecule has 1 atom stereocenters. The maximum absolute atomic E-state index is 9.26. The van der Waals surface area contributed by atoms with E-state index < -0.39 is 0 Å². The number of benzene rings is 1. The largest absolute Gasteiger partial charge is 0.508 e. The van der Waals surface area contributed by atoms with Crippen molar-refractivity contribution in [2.24, 2.45) is 0 Å². The van der Waals surface area contributed by atoms with Crippen molar-refractivity contribution in [3.63, 3.8) is 0 Å². The van der Waals surface area contributed by atoms with Crippen molar-refractivity contribution >= 4 is 0 Å². The van der Waals surface area contributed by atoms with Crippen LogP contribution in [0.1, 0.15) is 30.0 Å². The van der Waals surface area contributed by atoms with Crippen LogP contribution in [0.3, 0.4) is 0 Å². The van der Waals surface area contributed by atoms with Gasteiger partial charge in [-0.05, 0) is 49.6 Å². The fraction of sp³-hybridized carbons (Fsp3) is 0.455. The Balaban J connectivity index is 2.29. The molecular formula is C11H15NO. The lowest BCUT2D eigenvalue weighted by Crippen LogP contribution is -2.13. The normalized spacial score (nSPS) is 22.1. The molecule has 2 heteroatoms. The third kappa shape index (κ3) is 1.68. The van der Waals surface area contributed by atoms with Crippen LogP contribution in [0, 0.1) is 6.92 Å². The lowest BCUT2D eigenvalue weighted by atomic mass is 10.00. The van der Waals surface area contributed by atoms with Crippen molar-refractivity contribution in [3.8, 4) is 5.75 Å². The Bertz CT molecular complexity index is 303. The van der Waals surface area contributed by atoms with Crippen molar-refractivity contribution in [1.29, 1.82) is 0 Å². The van der Waals surface area contributed by atoms with Crippen molar-refractivity contribution in [3.05, 3.63) is 29.3 Å². The van der Waals surface area contributed by atoms with Gasteiger partial charge in [-0.1, -0.05) is 6.07 Å². The Morgan fingerprint density at radius 2 is 2.31 bits per heavy atom. The van der Waals surface area contributed by atoms with Gasteiger partial charge in [-0.25, -0.2) is 0 Å². The highest BCUT2D eigenvalue weighted by Crippen LogP contribution is 2.27. The Kier molecular flexibility index (Phi) is 2.23. The van der Waals surface area contributed by atoms with E-state index in [1.54, 1.807) is 6.07 Å². The van der Waals surface area contributed by atoms with Crippen LogP contribution in [-0.2, 0) is 0 Å². The number of nitrogens with one attached hydrogen (secondary N) is 1. The predicted molar refractivity (Wildman–Crippen MR) is 52.8 cm³/mol. The quantitative estimate of drug-likeness (QED) is 0.688. The fourth-order valence-electron chi connectivity index (χ4n) is 2.00. The zero-order chi connectivity index (χ0) is 9.26. The van der Waals surface area contributed by atoms with Crippen LogP contribution in [0.4, 0.5) is 0 Å². The van der Waals surface area contributed by atoms with Gasteiger partial charge in [0.15, 0.2) is 0 Å². The molecule has 1 aliphatic rings. The summed E-state index contributed by atoms with van der Waals surface area (Å²) in [5, 5.41) is 12.7. The summed E-state index contributed by atoms with van der Waals surface area (Å²) in [5.74, 6) is 0.360. The topological polar surface area (TPSA) is 32.3 Å². The monoisotopic (exact) mass is 177 g/mol. The molecule has 0 saturated carbocycles. The van der Waals surface area contributed by atoms with Gasteiger partial charge >= 0.3 is 0 Å². The molecule has 0 aromatic heterocycles. The summed E-state index contributed by atoms with van der Waals surface area (Å²) in [5.41, 5.74) is 2.51. The lowest BCUT2D eigenvalue weighted by molar-refractivity contribution is 0.474. The maximum atomic E-state index is 9.26. The zero-order valence-electron chi connectivity index (χ0n) is 7.88.